The van der Waals surface area contributed by atoms with Crippen LogP contribution in [0, 0.1) is 19.7 Å². The van der Waals surface area contributed by atoms with Gasteiger partial charge in [-0.05, 0) is 61.4 Å². The predicted molar refractivity (Wildman–Crippen MR) is 109 cm³/mol. The molecule has 6 heteroatoms. The first kappa shape index (κ1) is 19.6. The number of amides is 1. The Bertz CT molecular complexity index is 1150. The molecule has 5 nitrogen and oxygen atoms in total. The average molecular weight is 405 g/mol. The first-order valence-electron chi connectivity index (χ1n) is 9.50. The largest absolute Gasteiger partial charge is 0.507 e. The quantitative estimate of drug-likeness (QED) is 0.389. The molecule has 1 atom stereocenters. The van der Waals surface area contributed by atoms with Crippen molar-refractivity contribution < 1.29 is 23.5 Å². The molecule has 1 saturated heterocycles. The van der Waals surface area contributed by atoms with Gasteiger partial charge in [0.05, 0.1) is 11.8 Å². The zero-order valence-corrected chi connectivity index (χ0v) is 16.6. The number of furan rings is 1. The Hall–Kier alpha value is -3.67. The number of nitrogens with zero attached hydrogens (tertiary/aromatic N) is 1. The molecule has 0 saturated carbocycles. The minimum absolute atomic E-state index is 0.0770. The molecule has 30 heavy (non-hydrogen) atoms. The summed E-state index contributed by atoms with van der Waals surface area (Å²) in [6, 6.07) is 13.4. The molecule has 0 bridgehead atoms. The molecule has 2 heterocycles. The monoisotopic (exact) mass is 405 g/mol. The van der Waals surface area contributed by atoms with Crippen LogP contribution in [-0.2, 0) is 16.1 Å². The lowest BCUT2D eigenvalue weighted by molar-refractivity contribution is -0.140. The third-order valence-electron chi connectivity index (χ3n) is 5.32. The van der Waals surface area contributed by atoms with Crippen molar-refractivity contribution >= 4 is 17.4 Å². The highest BCUT2D eigenvalue weighted by Crippen LogP contribution is 2.40. The number of hydrogen-bond acceptors (Lipinski definition) is 4. The number of halogens is 1. The second-order valence-electron chi connectivity index (χ2n) is 7.38. The first-order valence-corrected chi connectivity index (χ1v) is 9.50. The number of aliphatic hydroxyl groups is 1. The van der Waals surface area contributed by atoms with Crippen LogP contribution in [0.4, 0.5) is 4.39 Å². The fourth-order valence-corrected chi connectivity index (χ4v) is 3.70. The predicted octanol–water partition coefficient (Wildman–Crippen LogP) is 4.66. The molecule has 1 aromatic heterocycles. The summed E-state index contributed by atoms with van der Waals surface area (Å²) in [7, 11) is 0. The van der Waals surface area contributed by atoms with E-state index < -0.39 is 23.5 Å². The minimum atomic E-state index is -0.884. The number of carbonyl (C=O) groups is 2. The summed E-state index contributed by atoms with van der Waals surface area (Å²) in [5, 5.41) is 10.9. The Morgan fingerprint density at radius 3 is 2.50 bits per heavy atom. The molecule has 0 spiro atoms. The van der Waals surface area contributed by atoms with Crippen molar-refractivity contribution in [2.24, 2.45) is 0 Å². The maximum atomic E-state index is 13.3. The lowest BCUT2D eigenvalue weighted by atomic mass is 9.99. The fraction of sp³-hybridized carbons (Fsp3) is 0.167. The molecule has 2 aromatic carbocycles. The molecule has 1 unspecified atom stereocenters. The molecular formula is C24H20FNO4. The molecule has 1 N–H and O–H groups in total. The maximum Gasteiger partial charge on any atom is 0.296 e. The molecular weight excluding hydrogens is 385 g/mol. The SMILES string of the molecule is Cc1ccc(C)c(CN2C(=O)C(=O)/C(=C(\O)c3ccc(F)cc3)C2c2ccco2)c1. The average Bonchev–Trinajstić information content (AvgIpc) is 3.33. The summed E-state index contributed by atoms with van der Waals surface area (Å²) < 4.78 is 18.8. The molecule has 1 aliphatic rings. The van der Waals surface area contributed by atoms with Gasteiger partial charge in [0.25, 0.3) is 11.7 Å². The van der Waals surface area contributed by atoms with Gasteiger partial charge in [-0.2, -0.15) is 0 Å². The second kappa shape index (κ2) is 7.63. The van der Waals surface area contributed by atoms with E-state index in [-0.39, 0.29) is 23.4 Å². The van der Waals surface area contributed by atoms with Gasteiger partial charge in [0.1, 0.15) is 23.4 Å². The number of benzene rings is 2. The number of hydrogen-bond donors (Lipinski definition) is 1. The molecule has 1 aliphatic heterocycles. The van der Waals surface area contributed by atoms with Crippen LogP contribution < -0.4 is 0 Å². The Morgan fingerprint density at radius 1 is 1.10 bits per heavy atom. The van der Waals surface area contributed by atoms with Crippen molar-refractivity contribution in [2.45, 2.75) is 26.4 Å². The van der Waals surface area contributed by atoms with E-state index in [1.807, 2.05) is 32.0 Å². The number of aryl methyl sites for hydroxylation is 2. The van der Waals surface area contributed by atoms with Crippen molar-refractivity contribution in [3.63, 3.8) is 0 Å². The summed E-state index contributed by atoms with van der Waals surface area (Å²) in [6.07, 6.45) is 1.45. The van der Waals surface area contributed by atoms with E-state index in [0.29, 0.717) is 5.76 Å². The van der Waals surface area contributed by atoms with E-state index in [1.54, 1.807) is 12.1 Å². The first-order chi connectivity index (χ1) is 14.4. The molecule has 0 aliphatic carbocycles. The Kier molecular flexibility index (Phi) is 4.99. The van der Waals surface area contributed by atoms with Gasteiger partial charge in [0, 0.05) is 12.1 Å². The number of likely N-dealkylation sites (tertiary alicyclic amines) is 1. The molecule has 152 valence electrons. The molecule has 3 aromatic rings. The van der Waals surface area contributed by atoms with Gasteiger partial charge in [-0.1, -0.05) is 23.8 Å². The van der Waals surface area contributed by atoms with E-state index in [2.05, 4.69) is 0 Å². The normalized spacial score (nSPS) is 18.2. The van der Waals surface area contributed by atoms with Gasteiger partial charge >= 0.3 is 0 Å². The van der Waals surface area contributed by atoms with Crippen molar-refractivity contribution in [1.82, 2.24) is 4.90 Å². The topological polar surface area (TPSA) is 70.8 Å². The highest BCUT2D eigenvalue weighted by Gasteiger charge is 2.47. The molecule has 0 radical (unpaired) electrons. The number of ketones is 1. The Balaban J connectivity index is 1.84. The van der Waals surface area contributed by atoms with E-state index >= 15 is 0 Å². The van der Waals surface area contributed by atoms with Crippen molar-refractivity contribution in [3.8, 4) is 0 Å². The Labute approximate surface area is 173 Å². The molecule has 1 amide bonds. The maximum absolute atomic E-state index is 13.3. The van der Waals surface area contributed by atoms with Crippen molar-refractivity contribution in [1.29, 1.82) is 0 Å². The van der Waals surface area contributed by atoms with E-state index in [4.69, 9.17) is 4.42 Å². The van der Waals surface area contributed by atoms with E-state index in [0.717, 1.165) is 16.7 Å². The summed E-state index contributed by atoms with van der Waals surface area (Å²) in [4.78, 5) is 27.3. The zero-order chi connectivity index (χ0) is 21.4. The number of rotatable bonds is 4. The summed E-state index contributed by atoms with van der Waals surface area (Å²) >= 11 is 0. The van der Waals surface area contributed by atoms with Crippen molar-refractivity contribution in [2.75, 3.05) is 0 Å². The second-order valence-corrected chi connectivity index (χ2v) is 7.38. The lowest BCUT2D eigenvalue weighted by Crippen LogP contribution is -2.29. The van der Waals surface area contributed by atoms with Gasteiger partial charge in [0.2, 0.25) is 0 Å². The summed E-state index contributed by atoms with van der Waals surface area (Å²) in [5.74, 6) is -1.99. The number of Topliss-reactive ketones (excluding diaryl/α,β-unsaturated/α-hetero) is 1. The summed E-state index contributed by atoms with van der Waals surface area (Å²) in [5.41, 5.74) is 3.09. The van der Waals surface area contributed by atoms with Crippen LogP contribution in [0.25, 0.3) is 5.76 Å². The Morgan fingerprint density at radius 2 is 1.83 bits per heavy atom. The third-order valence-corrected chi connectivity index (χ3v) is 5.32. The zero-order valence-electron chi connectivity index (χ0n) is 16.6. The number of carbonyl (C=O) groups excluding carboxylic acids is 2. The van der Waals surface area contributed by atoms with Gasteiger partial charge in [0.15, 0.2) is 0 Å². The smallest absolute Gasteiger partial charge is 0.296 e. The number of aliphatic hydroxyl groups excluding tert-OH is 1. The van der Waals surface area contributed by atoms with Gasteiger partial charge in [-0.3, -0.25) is 9.59 Å². The van der Waals surface area contributed by atoms with Gasteiger partial charge in [-0.15, -0.1) is 0 Å². The minimum Gasteiger partial charge on any atom is -0.507 e. The highest BCUT2D eigenvalue weighted by atomic mass is 19.1. The van der Waals surface area contributed by atoms with Crippen LogP contribution in [0.1, 0.15) is 34.1 Å². The van der Waals surface area contributed by atoms with Crippen LogP contribution in [0.3, 0.4) is 0 Å². The van der Waals surface area contributed by atoms with Crippen LogP contribution in [0.5, 0.6) is 0 Å². The van der Waals surface area contributed by atoms with Crippen LogP contribution in [0.2, 0.25) is 0 Å². The summed E-state index contributed by atoms with van der Waals surface area (Å²) in [6.45, 7) is 4.07. The van der Waals surface area contributed by atoms with Gasteiger partial charge < -0.3 is 14.4 Å². The van der Waals surface area contributed by atoms with Crippen LogP contribution in [0.15, 0.2) is 70.9 Å². The standard InChI is InChI=1S/C24H20FNO4/c1-14-5-6-15(2)17(12-14)13-26-21(19-4-3-11-30-19)20(23(28)24(26)29)22(27)16-7-9-18(25)10-8-16/h3-12,21,27H,13H2,1-2H3/b22-20-. The van der Waals surface area contributed by atoms with E-state index in [9.17, 15) is 19.1 Å². The van der Waals surface area contributed by atoms with Crippen LogP contribution >= 0.6 is 0 Å². The van der Waals surface area contributed by atoms with Gasteiger partial charge in [-0.25, -0.2) is 4.39 Å². The van der Waals surface area contributed by atoms with Crippen LogP contribution in [-0.4, -0.2) is 21.7 Å². The third kappa shape index (κ3) is 3.41. The highest BCUT2D eigenvalue weighted by molar-refractivity contribution is 6.46. The van der Waals surface area contributed by atoms with E-state index in [1.165, 1.54) is 35.4 Å². The molecule has 1 fully saturated rings. The van der Waals surface area contributed by atoms with Crippen molar-refractivity contribution in [3.05, 3.63) is 100 Å². The fourth-order valence-electron chi connectivity index (χ4n) is 3.70. The lowest BCUT2D eigenvalue weighted by Gasteiger charge is -2.24. The molecule has 4 rings (SSSR count).